The molecule has 4 heterocycles. The fourth-order valence-corrected chi connectivity index (χ4v) is 6.28. The predicted molar refractivity (Wildman–Crippen MR) is 179 cm³/mol. The van der Waals surface area contributed by atoms with Gasteiger partial charge < -0.3 is 30.0 Å². The van der Waals surface area contributed by atoms with Gasteiger partial charge in [-0.15, -0.1) is 20.5 Å². The van der Waals surface area contributed by atoms with Gasteiger partial charge in [-0.25, -0.2) is 0 Å². The zero-order valence-electron chi connectivity index (χ0n) is 25.4. The van der Waals surface area contributed by atoms with Crippen LogP contribution in [0, 0.1) is 13.8 Å². The summed E-state index contributed by atoms with van der Waals surface area (Å²) in [5.74, 6) is -1.20. The number of hydrogen-bond donors (Lipinski definition) is 5. The number of amidine groups is 2. The van der Waals surface area contributed by atoms with Crippen molar-refractivity contribution in [2.45, 2.75) is 44.1 Å². The van der Waals surface area contributed by atoms with Crippen LogP contribution in [-0.2, 0) is 19.1 Å². The van der Waals surface area contributed by atoms with Gasteiger partial charge in [0.2, 0.25) is 22.1 Å². The van der Waals surface area contributed by atoms with E-state index in [2.05, 4.69) is 40.4 Å². The summed E-state index contributed by atoms with van der Waals surface area (Å²) >= 11 is 2.33. The van der Waals surface area contributed by atoms with E-state index in [-0.39, 0.29) is 53.1 Å². The summed E-state index contributed by atoms with van der Waals surface area (Å²) in [5.41, 5.74) is 4.18. The number of nitrogens with zero attached hydrogens (tertiary/aromatic N) is 6. The number of carbonyl (C=O) groups excluding carboxylic acids is 3. The molecule has 15 nitrogen and oxygen atoms in total. The number of carbonyl (C=O) groups is 3. The van der Waals surface area contributed by atoms with Crippen LogP contribution in [0.5, 0.6) is 11.8 Å². The van der Waals surface area contributed by atoms with Crippen LogP contribution < -0.4 is 0 Å². The third kappa shape index (κ3) is 8.11. The largest absolute Gasteiger partial charge is 0.493 e. The van der Waals surface area contributed by atoms with Crippen LogP contribution in [0.2, 0.25) is 0 Å². The second kappa shape index (κ2) is 14.7. The SMILES string of the molecule is CC(=O)OCCC1SC(N=Nc2c(O)[nH]c3ccc(C)cc23)=NC1=O.Cc1ccc2[nH]c(O)c(N=NC3=NC(=O)C(CCO)S3)c2c1. The van der Waals surface area contributed by atoms with Crippen molar-refractivity contribution in [3.8, 4) is 11.8 Å². The molecule has 47 heavy (non-hydrogen) atoms. The second-order valence-corrected chi connectivity index (χ2v) is 12.8. The molecule has 2 aromatic heterocycles. The molecule has 0 saturated carbocycles. The molecule has 244 valence electrons. The van der Waals surface area contributed by atoms with Crippen molar-refractivity contribution in [3.05, 3.63) is 47.5 Å². The highest BCUT2D eigenvalue weighted by Crippen LogP contribution is 2.38. The molecule has 0 saturated heterocycles. The normalized spacial score (nSPS) is 18.0. The standard InChI is InChI=1S/C16H16N4O4S.C14H14N4O3S/c1-8-3-4-11-10(7-8)13(15(23)17-11)19-20-16-18-14(22)12(25-16)5-6-24-9(2)21;1-7-2-3-9-8(6-7)11(13(21)15-9)17-18-14-16-12(20)10(22-14)4-5-19/h3-4,7,12,17,23H,5-6H2,1-2H3;2-3,6,10,15,19,21H,4-5H2,1H3. The van der Waals surface area contributed by atoms with Crippen LogP contribution in [0.1, 0.15) is 30.9 Å². The molecule has 0 fully saturated rings. The molecule has 2 aromatic carbocycles. The summed E-state index contributed by atoms with van der Waals surface area (Å²) in [7, 11) is 0. The highest BCUT2D eigenvalue weighted by Gasteiger charge is 2.29. The van der Waals surface area contributed by atoms with E-state index in [9.17, 15) is 24.6 Å². The third-order valence-electron chi connectivity index (χ3n) is 6.82. The number of aliphatic hydroxyl groups excluding tert-OH is 1. The Kier molecular flexibility index (Phi) is 10.5. The van der Waals surface area contributed by atoms with Gasteiger partial charge in [0.05, 0.1) is 28.1 Å². The number of aliphatic imine (C=N–C) groups is 2. The highest BCUT2D eigenvalue weighted by molar-refractivity contribution is 8.15. The zero-order valence-corrected chi connectivity index (χ0v) is 27.1. The maximum atomic E-state index is 11.8. The Bertz CT molecular complexity index is 1980. The van der Waals surface area contributed by atoms with Crippen molar-refractivity contribution in [1.82, 2.24) is 9.97 Å². The average molecular weight is 679 g/mol. The summed E-state index contributed by atoms with van der Waals surface area (Å²) in [6, 6.07) is 11.3. The Labute approximate surface area is 275 Å². The maximum Gasteiger partial charge on any atom is 0.302 e. The number of H-pyrrole nitrogens is 2. The maximum absolute atomic E-state index is 11.8. The first-order chi connectivity index (χ1) is 22.5. The molecule has 6 rings (SSSR count). The van der Waals surface area contributed by atoms with E-state index in [1.54, 1.807) is 0 Å². The number of ether oxygens (including phenoxy) is 1. The van der Waals surface area contributed by atoms with Crippen LogP contribution >= 0.6 is 23.5 Å². The number of azo groups is 2. The second-order valence-electron chi connectivity index (χ2n) is 10.5. The van der Waals surface area contributed by atoms with E-state index >= 15 is 0 Å². The summed E-state index contributed by atoms with van der Waals surface area (Å²) in [4.78, 5) is 47.5. The monoisotopic (exact) mass is 678 g/mol. The molecule has 0 spiro atoms. The number of hydrogen-bond acceptors (Lipinski definition) is 13. The van der Waals surface area contributed by atoms with Gasteiger partial charge >= 0.3 is 5.97 Å². The quantitative estimate of drug-likeness (QED) is 0.116. The number of aromatic amines is 2. The van der Waals surface area contributed by atoms with E-state index in [4.69, 9.17) is 9.84 Å². The number of amides is 2. The van der Waals surface area contributed by atoms with Gasteiger partial charge in [-0.05, 0) is 44.5 Å². The molecule has 0 radical (unpaired) electrons. The lowest BCUT2D eigenvalue weighted by molar-refractivity contribution is -0.141. The zero-order chi connectivity index (χ0) is 33.7. The molecule has 0 aliphatic carbocycles. The number of aromatic hydroxyl groups is 2. The van der Waals surface area contributed by atoms with Crippen LogP contribution in [0.15, 0.2) is 66.8 Å². The molecule has 2 atom stereocenters. The highest BCUT2D eigenvalue weighted by atomic mass is 32.2. The van der Waals surface area contributed by atoms with Crippen molar-refractivity contribution in [3.63, 3.8) is 0 Å². The van der Waals surface area contributed by atoms with Gasteiger partial charge in [0.15, 0.2) is 11.4 Å². The van der Waals surface area contributed by atoms with Crippen LogP contribution in [-0.4, -0.2) is 77.1 Å². The fraction of sp³-hybridized carbons (Fsp3) is 0.300. The first-order valence-electron chi connectivity index (χ1n) is 14.3. The minimum Gasteiger partial charge on any atom is -0.493 e. The Morgan fingerprint density at radius 1 is 0.809 bits per heavy atom. The van der Waals surface area contributed by atoms with Crippen molar-refractivity contribution in [2.24, 2.45) is 30.4 Å². The van der Waals surface area contributed by atoms with Crippen LogP contribution in [0.4, 0.5) is 11.4 Å². The van der Waals surface area contributed by atoms with Crippen molar-refractivity contribution in [2.75, 3.05) is 13.2 Å². The number of aryl methyl sites for hydroxylation is 2. The number of esters is 1. The van der Waals surface area contributed by atoms with Crippen LogP contribution in [0.3, 0.4) is 0 Å². The Morgan fingerprint density at radius 3 is 1.72 bits per heavy atom. The van der Waals surface area contributed by atoms with E-state index in [1.165, 1.54) is 18.7 Å². The van der Waals surface area contributed by atoms with Gasteiger partial charge in [-0.1, -0.05) is 46.8 Å². The van der Waals surface area contributed by atoms with Crippen LogP contribution in [0.25, 0.3) is 21.8 Å². The lowest BCUT2D eigenvalue weighted by Gasteiger charge is -2.05. The first-order valence-corrected chi connectivity index (χ1v) is 16.1. The Hall–Kier alpha value is -4.87. The topological polar surface area (TPSA) is 227 Å². The molecular weight excluding hydrogens is 649 g/mol. The first kappa shape index (κ1) is 33.5. The summed E-state index contributed by atoms with van der Waals surface area (Å²) in [6.07, 6.45) is 0.701. The number of aromatic nitrogens is 2. The molecule has 17 heteroatoms. The smallest absolute Gasteiger partial charge is 0.302 e. The molecule has 2 aliphatic heterocycles. The molecule has 5 N–H and O–H groups in total. The summed E-state index contributed by atoms with van der Waals surface area (Å²) in [6.45, 7) is 5.27. The molecular formula is C30H30N8O7S2. The average Bonchev–Trinajstić information content (AvgIpc) is 3.74. The number of nitrogens with one attached hydrogen (secondary N) is 2. The molecule has 0 bridgehead atoms. The van der Waals surface area contributed by atoms with Gasteiger partial charge in [0, 0.05) is 30.7 Å². The Balaban J connectivity index is 0.000000186. The van der Waals surface area contributed by atoms with Gasteiger partial charge in [0.1, 0.15) is 0 Å². The third-order valence-corrected chi connectivity index (χ3v) is 9.03. The van der Waals surface area contributed by atoms with Gasteiger partial charge in [0.25, 0.3) is 11.8 Å². The van der Waals surface area contributed by atoms with E-state index < -0.39 is 10.5 Å². The van der Waals surface area contributed by atoms with Crippen molar-refractivity contribution < 1.29 is 34.4 Å². The minimum absolute atomic E-state index is 0.0775. The lowest BCUT2D eigenvalue weighted by atomic mass is 10.2. The lowest BCUT2D eigenvalue weighted by Crippen LogP contribution is -2.14. The van der Waals surface area contributed by atoms with E-state index in [0.29, 0.717) is 24.2 Å². The van der Waals surface area contributed by atoms with E-state index in [0.717, 1.165) is 44.7 Å². The number of aliphatic hydroxyl groups is 1. The number of benzene rings is 2. The Morgan fingerprint density at radius 2 is 1.28 bits per heavy atom. The van der Waals surface area contributed by atoms with Crippen molar-refractivity contribution in [1.29, 1.82) is 0 Å². The predicted octanol–water partition coefficient (Wildman–Crippen LogP) is 5.86. The molecule has 2 amide bonds. The summed E-state index contributed by atoms with van der Waals surface area (Å²) in [5, 5.41) is 45.9. The number of fused-ring (bicyclic) bond motifs is 2. The fourth-order valence-electron chi connectivity index (χ4n) is 4.57. The number of rotatable bonds is 7. The van der Waals surface area contributed by atoms with Gasteiger partial charge in [-0.3, -0.25) is 14.4 Å². The molecule has 2 unspecified atom stereocenters. The van der Waals surface area contributed by atoms with E-state index in [1.807, 2.05) is 50.2 Å². The molecule has 4 aromatic rings. The minimum atomic E-state index is -0.438. The van der Waals surface area contributed by atoms with Gasteiger partial charge in [-0.2, -0.15) is 9.98 Å². The number of thioether (sulfide) groups is 2. The summed E-state index contributed by atoms with van der Waals surface area (Å²) < 4.78 is 4.83. The van der Waals surface area contributed by atoms with Crippen molar-refractivity contribution >= 4 is 84.8 Å². The molecule has 2 aliphatic rings.